The summed E-state index contributed by atoms with van der Waals surface area (Å²) in [5, 5.41) is 2.81. The zero-order valence-corrected chi connectivity index (χ0v) is 11.1. The van der Waals surface area contributed by atoms with E-state index in [1.165, 1.54) is 12.1 Å². The number of carbonyl (C=O) groups excluding carboxylic acids is 1. The molecule has 3 nitrogen and oxygen atoms in total. The number of rotatable bonds is 5. The van der Waals surface area contributed by atoms with Gasteiger partial charge >= 0.3 is 0 Å². The summed E-state index contributed by atoms with van der Waals surface area (Å²) in [6.45, 7) is 5.75. The summed E-state index contributed by atoms with van der Waals surface area (Å²) in [6.07, 6.45) is 0.850. The van der Waals surface area contributed by atoms with Gasteiger partial charge in [-0.1, -0.05) is 32.4 Å². The number of nitrogens with two attached hydrogens (primary N) is 1. The van der Waals surface area contributed by atoms with Crippen molar-refractivity contribution in [3.05, 3.63) is 35.6 Å². The topological polar surface area (TPSA) is 55.1 Å². The molecule has 0 aliphatic rings. The molecule has 1 unspecified atom stereocenters. The van der Waals surface area contributed by atoms with Gasteiger partial charge in [-0.15, -0.1) is 0 Å². The molecule has 0 radical (unpaired) electrons. The molecule has 0 aliphatic heterocycles. The van der Waals surface area contributed by atoms with Crippen molar-refractivity contribution in [1.29, 1.82) is 0 Å². The van der Waals surface area contributed by atoms with Crippen LogP contribution in [0.4, 0.5) is 4.39 Å². The van der Waals surface area contributed by atoms with Gasteiger partial charge in [-0.05, 0) is 30.5 Å². The highest BCUT2D eigenvalue weighted by atomic mass is 19.1. The van der Waals surface area contributed by atoms with Crippen molar-refractivity contribution >= 4 is 5.91 Å². The highest BCUT2D eigenvalue weighted by Gasteiger charge is 2.21. The number of halogens is 1. The lowest BCUT2D eigenvalue weighted by molar-refractivity contribution is -0.124. The maximum atomic E-state index is 13.1. The number of amides is 1. The van der Waals surface area contributed by atoms with E-state index >= 15 is 0 Å². The van der Waals surface area contributed by atoms with Crippen molar-refractivity contribution in [1.82, 2.24) is 5.32 Å². The second kappa shape index (κ2) is 6.50. The molecule has 0 aliphatic carbocycles. The van der Waals surface area contributed by atoms with Gasteiger partial charge in [-0.2, -0.15) is 0 Å². The fourth-order valence-corrected chi connectivity index (χ4v) is 1.68. The van der Waals surface area contributed by atoms with Crippen LogP contribution < -0.4 is 11.1 Å². The van der Waals surface area contributed by atoms with Crippen LogP contribution in [0.3, 0.4) is 0 Å². The van der Waals surface area contributed by atoms with Crippen LogP contribution in [0, 0.1) is 11.7 Å². The Morgan fingerprint density at radius 2 is 2.11 bits per heavy atom. The van der Waals surface area contributed by atoms with Crippen molar-refractivity contribution in [2.75, 3.05) is 0 Å². The van der Waals surface area contributed by atoms with E-state index in [2.05, 4.69) is 5.32 Å². The lowest BCUT2D eigenvalue weighted by Gasteiger charge is -2.21. The van der Waals surface area contributed by atoms with Gasteiger partial charge in [0.15, 0.2) is 0 Å². The van der Waals surface area contributed by atoms with E-state index in [9.17, 15) is 9.18 Å². The summed E-state index contributed by atoms with van der Waals surface area (Å²) >= 11 is 0. The number of carbonyl (C=O) groups is 1. The van der Waals surface area contributed by atoms with Crippen molar-refractivity contribution in [2.45, 2.75) is 39.3 Å². The van der Waals surface area contributed by atoms with Gasteiger partial charge in [-0.3, -0.25) is 4.79 Å². The Balaban J connectivity index is 2.65. The van der Waals surface area contributed by atoms with Crippen molar-refractivity contribution in [2.24, 2.45) is 11.7 Å². The van der Waals surface area contributed by atoms with Crippen LogP contribution >= 0.6 is 0 Å². The van der Waals surface area contributed by atoms with Crippen LogP contribution in [0.2, 0.25) is 0 Å². The minimum atomic E-state index is -0.522. The Bertz CT molecular complexity index is 409. The standard InChI is InChI=1S/C14H21FN2O/c1-4-9(2)13(16)14(18)17-10(3)11-6-5-7-12(15)8-11/h5-10,13H,4,16H2,1-3H3,(H,17,18)/t9-,10?,13-/m0/s1. The smallest absolute Gasteiger partial charge is 0.237 e. The monoisotopic (exact) mass is 252 g/mol. The molecule has 0 heterocycles. The molecule has 0 aromatic heterocycles. The molecule has 3 N–H and O–H groups in total. The minimum Gasteiger partial charge on any atom is -0.348 e. The molecular weight excluding hydrogens is 231 g/mol. The van der Waals surface area contributed by atoms with Crippen molar-refractivity contribution < 1.29 is 9.18 Å². The molecule has 100 valence electrons. The first-order valence-electron chi connectivity index (χ1n) is 6.27. The normalized spacial score (nSPS) is 15.8. The number of hydrogen-bond acceptors (Lipinski definition) is 2. The van der Waals surface area contributed by atoms with Gasteiger partial charge in [0.25, 0.3) is 0 Å². The zero-order chi connectivity index (χ0) is 13.7. The van der Waals surface area contributed by atoms with Crippen LogP contribution in [-0.2, 0) is 4.79 Å². The highest BCUT2D eigenvalue weighted by molar-refractivity contribution is 5.82. The quantitative estimate of drug-likeness (QED) is 0.845. The molecule has 0 bridgehead atoms. The third kappa shape index (κ3) is 3.81. The predicted molar refractivity (Wildman–Crippen MR) is 70.4 cm³/mol. The highest BCUT2D eigenvalue weighted by Crippen LogP contribution is 2.14. The van der Waals surface area contributed by atoms with Gasteiger partial charge in [0.05, 0.1) is 12.1 Å². The Morgan fingerprint density at radius 1 is 1.44 bits per heavy atom. The lowest BCUT2D eigenvalue weighted by atomic mass is 9.98. The molecule has 18 heavy (non-hydrogen) atoms. The maximum absolute atomic E-state index is 13.1. The largest absolute Gasteiger partial charge is 0.348 e. The van der Waals surface area contributed by atoms with E-state index < -0.39 is 6.04 Å². The van der Waals surface area contributed by atoms with Gasteiger partial charge < -0.3 is 11.1 Å². The number of nitrogens with one attached hydrogen (secondary N) is 1. The average molecular weight is 252 g/mol. The molecule has 1 amide bonds. The van der Waals surface area contributed by atoms with Gasteiger partial charge in [0.2, 0.25) is 5.91 Å². The Kier molecular flexibility index (Phi) is 5.28. The molecule has 0 spiro atoms. The van der Waals surface area contributed by atoms with E-state index in [-0.39, 0.29) is 23.7 Å². The van der Waals surface area contributed by atoms with Crippen LogP contribution in [0.1, 0.15) is 38.8 Å². The third-order valence-corrected chi connectivity index (χ3v) is 3.27. The van der Waals surface area contributed by atoms with Gasteiger partial charge in [0, 0.05) is 0 Å². The van der Waals surface area contributed by atoms with Crippen LogP contribution in [0.25, 0.3) is 0 Å². The van der Waals surface area contributed by atoms with E-state index in [0.29, 0.717) is 0 Å². The second-order valence-electron chi connectivity index (χ2n) is 4.70. The van der Waals surface area contributed by atoms with Crippen molar-refractivity contribution in [3.8, 4) is 0 Å². The van der Waals surface area contributed by atoms with Gasteiger partial charge in [-0.25, -0.2) is 4.39 Å². The lowest BCUT2D eigenvalue weighted by Crippen LogP contribution is -2.45. The summed E-state index contributed by atoms with van der Waals surface area (Å²) < 4.78 is 13.1. The van der Waals surface area contributed by atoms with Crippen LogP contribution in [0.15, 0.2) is 24.3 Å². The Hall–Kier alpha value is -1.42. The predicted octanol–water partition coefficient (Wildman–Crippen LogP) is 2.38. The van der Waals surface area contributed by atoms with E-state index in [4.69, 9.17) is 5.73 Å². The molecule has 1 aromatic carbocycles. The third-order valence-electron chi connectivity index (χ3n) is 3.27. The summed E-state index contributed by atoms with van der Waals surface area (Å²) in [4.78, 5) is 11.9. The first-order chi connectivity index (χ1) is 8.45. The molecule has 1 aromatic rings. The van der Waals surface area contributed by atoms with Crippen molar-refractivity contribution in [3.63, 3.8) is 0 Å². The fourth-order valence-electron chi connectivity index (χ4n) is 1.68. The van der Waals surface area contributed by atoms with E-state index in [0.717, 1.165) is 12.0 Å². The van der Waals surface area contributed by atoms with E-state index in [1.54, 1.807) is 12.1 Å². The van der Waals surface area contributed by atoms with E-state index in [1.807, 2.05) is 20.8 Å². The second-order valence-corrected chi connectivity index (χ2v) is 4.70. The maximum Gasteiger partial charge on any atom is 0.237 e. The van der Waals surface area contributed by atoms with Crippen LogP contribution in [-0.4, -0.2) is 11.9 Å². The average Bonchev–Trinajstić information content (AvgIpc) is 2.36. The summed E-state index contributed by atoms with van der Waals surface area (Å²) in [7, 11) is 0. The molecule has 0 saturated carbocycles. The zero-order valence-electron chi connectivity index (χ0n) is 11.1. The molecule has 0 fully saturated rings. The molecular formula is C14H21FN2O. The summed E-state index contributed by atoms with van der Waals surface area (Å²) in [5.41, 5.74) is 6.58. The Morgan fingerprint density at radius 3 is 2.67 bits per heavy atom. The summed E-state index contributed by atoms with van der Waals surface area (Å²) in [6, 6.07) is 5.43. The fraction of sp³-hybridized carbons (Fsp3) is 0.500. The minimum absolute atomic E-state index is 0.129. The summed E-state index contributed by atoms with van der Waals surface area (Å²) in [5.74, 6) is -0.370. The van der Waals surface area contributed by atoms with Gasteiger partial charge in [0.1, 0.15) is 5.82 Å². The first kappa shape index (κ1) is 14.6. The Labute approximate surface area is 108 Å². The molecule has 0 saturated heterocycles. The SMILES string of the molecule is CC[C@H](C)[C@H](N)C(=O)NC(C)c1cccc(F)c1. The van der Waals surface area contributed by atoms with Crippen LogP contribution in [0.5, 0.6) is 0 Å². The first-order valence-corrected chi connectivity index (χ1v) is 6.27. The molecule has 1 rings (SSSR count). The number of hydrogen-bond donors (Lipinski definition) is 2. The molecule has 3 atom stereocenters. The molecule has 4 heteroatoms. The number of benzene rings is 1.